The molecule has 0 aliphatic carbocycles. The standard InChI is InChI=1S/C11H19NO4/c1-16-7-3-5-10(13)12-6-2-4-9(8-12)11(14)15/h9H,2-8H2,1H3,(H,14,15)/t9-/m0/s1. The van der Waals surface area contributed by atoms with Crippen molar-refractivity contribution in [3.05, 3.63) is 0 Å². The molecule has 16 heavy (non-hydrogen) atoms. The number of carbonyl (C=O) groups is 2. The molecule has 1 aliphatic heterocycles. The highest BCUT2D eigenvalue weighted by Crippen LogP contribution is 2.17. The molecule has 1 amide bonds. The fraction of sp³-hybridized carbons (Fsp3) is 0.818. The maximum Gasteiger partial charge on any atom is 0.308 e. The Morgan fingerprint density at radius 3 is 2.88 bits per heavy atom. The zero-order valence-electron chi connectivity index (χ0n) is 9.65. The molecule has 0 aromatic heterocycles. The van der Waals surface area contributed by atoms with Gasteiger partial charge in [0, 0.05) is 33.2 Å². The highest BCUT2D eigenvalue weighted by molar-refractivity contribution is 5.78. The van der Waals surface area contributed by atoms with Crippen molar-refractivity contribution in [3.63, 3.8) is 0 Å². The van der Waals surface area contributed by atoms with E-state index in [0.29, 0.717) is 39.0 Å². The van der Waals surface area contributed by atoms with E-state index in [-0.39, 0.29) is 11.8 Å². The quantitative estimate of drug-likeness (QED) is 0.706. The smallest absolute Gasteiger partial charge is 0.308 e. The minimum atomic E-state index is -0.797. The Morgan fingerprint density at radius 1 is 1.50 bits per heavy atom. The lowest BCUT2D eigenvalue weighted by molar-refractivity contribution is -0.145. The fourth-order valence-corrected chi connectivity index (χ4v) is 1.93. The van der Waals surface area contributed by atoms with E-state index < -0.39 is 5.97 Å². The van der Waals surface area contributed by atoms with Crippen LogP contribution in [-0.4, -0.2) is 48.7 Å². The predicted molar refractivity (Wildman–Crippen MR) is 58.0 cm³/mol. The van der Waals surface area contributed by atoms with Crippen LogP contribution >= 0.6 is 0 Å². The Kier molecular flexibility index (Phi) is 5.25. The van der Waals surface area contributed by atoms with Crippen LogP contribution in [-0.2, 0) is 14.3 Å². The Labute approximate surface area is 95.4 Å². The molecule has 0 aromatic carbocycles. The number of piperidine rings is 1. The highest BCUT2D eigenvalue weighted by Gasteiger charge is 2.27. The summed E-state index contributed by atoms with van der Waals surface area (Å²) in [6.07, 6.45) is 2.61. The lowest BCUT2D eigenvalue weighted by atomic mass is 9.98. The Morgan fingerprint density at radius 2 is 2.25 bits per heavy atom. The molecule has 92 valence electrons. The van der Waals surface area contributed by atoms with Crippen molar-refractivity contribution in [1.29, 1.82) is 0 Å². The number of nitrogens with zero attached hydrogens (tertiary/aromatic N) is 1. The molecule has 0 bridgehead atoms. The molecule has 1 heterocycles. The molecule has 0 unspecified atom stereocenters. The van der Waals surface area contributed by atoms with E-state index >= 15 is 0 Å². The molecule has 1 atom stereocenters. The van der Waals surface area contributed by atoms with Crippen LogP contribution in [0.25, 0.3) is 0 Å². The van der Waals surface area contributed by atoms with Gasteiger partial charge in [0.1, 0.15) is 0 Å². The van der Waals surface area contributed by atoms with E-state index in [1.54, 1.807) is 12.0 Å². The van der Waals surface area contributed by atoms with Gasteiger partial charge in [-0.1, -0.05) is 0 Å². The van der Waals surface area contributed by atoms with E-state index in [4.69, 9.17) is 9.84 Å². The van der Waals surface area contributed by atoms with Gasteiger partial charge < -0.3 is 14.7 Å². The molecule has 1 aliphatic rings. The average Bonchev–Trinajstić information content (AvgIpc) is 2.29. The van der Waals surface area contributed by atoms with Gasteiger partial charge in [-0.25, -0.2) is 0 Å². The lowest BCUT2D eigenvalue weighted by Gasteiger charge is -2.30. The average molecular weight is 229 g/mol. The van der Waals surface area contributed by atoms with Gasteiger partial charge in [-0.05, 0) is 19.3 Å². The maximum atomic E-state index is 11.7. The number of likely N-dealkylation sites (tertiary alicyclic amines) is 1. The van der Waals surface area contributed by atoms with Crippen LogP contribution in [0.4, 0.5) is 0 Å². The summed E-state index contributed by atoms with van der Waals surface area (Å²) in [7, 11) is 1.60. The molecule has 0 radical (unpaired) electrons. The number of methoxy groups -OCH3 is 1. The summed E-state index contributed by atoms with van der Waals surface area (Å²) in [5.41, 5.74) is 0. The normalized spacial score (nSPS) is 20.8. The largest absolute Gasteiger partial charge is 0.481 e. The lowest BCUT2D eigenvalue weighted by Crippen LogP contribution is -2.42. The minimum Gasteiger partial charge on any atom is -0.481 e. The molecule has 0 aromatic rings. The SMILES string of the molecule is COCCCC(=O)N1CCC[C@H](C(=O)O)C1. The predicted octanol–water partition coefficient (Wildman–Crippen LogP) is 0.736. The topological polar surface area (TPSA) is 66.8 Å². The molecule has 1 rings (SSSR count). The molecular weight excluding hydrogens is 210 g/mol. The third kappa shape index (κ3) is 3.81. The number of carbonyl (C=O) groups excluding carboxylic acids is 1. The van der Waals surface area contributed by atoms with Crippen molar-refractivity contribution >= 4 is 11.9 Å². The molecule has 5 nitrogen and oxygen atoms in total. The van der Waals surface area contributed by atoms with Gasteiger partial charge >= 0.3 is 5.97 Å². The summed E-state index contributed by atoms with van der Waals surface area (Å²) in [6, 6.07) is 0. The van der Waals surface area contributed by atoms with Gasteiger partial charge in [-0.15, -0.1) is 0 Å². The van der Waals surface area contributed by atoms with Crippen molar-refractivity contribution in [1.82, 2.24) is 4.90 Å². The number of carboxylic acid groups (broad SMARTS) is 1. The molecule has 1 fully saturated rings. The summed E-state index contributed by atoms with van der Waals surface area (Å²) < 4.78 is 4.87. The Hall–Kier alpha value is -1.10. The Bertz CT molecular complexity index is 254. The van der Waals surface area contributed by atoms with E-state index in [9.17, 15) is 9.59 Å². The fourth-order valence-electron chi connectivity index (χ4n) is 1.93. The number of hydrogen-bond donors (Lipinski definition) is 1. The Balaban J connectivity index is 2.35. The number of rotatable bonds is 5. The van der Waals surface area contributed by atoms with Gasteiger partial charge in [-0.3, -0.25) is 9.59 Å². The van der Waals surface area contributed by atoms with Crippen LogP contribution in [0.5, 0.6) is 0 Å². The van der Waals surface area contributed by atoms with Crippen molar-refractivity contribution in [2.45, 2.75) is 25.7 Å². The molecule has 0 spiro atoms. The molecule has 5 heteroatoms. The van der Waals surface area contributed by atoms with Crippen LogP contribution in [0.15, 0.2) is 0 Å². The van der Waals surface area contributed by atoms with Gasteiger partial charge in [-0.2, -0.15) is 0 Å². The number of hydrogen-bond acceptors (Lipinski definition) is 3. The van der Waals surface area contributed by atoms with Crippen LogP contribution < -0.4 is 0 Å². The number of amides is 1. The van der Waals surface area contributed by atoms with Crippen molar-refractivity contribution in [2.24, 2.45) is 5.92 Å². The van der Waals surface area contributed by atoms with Crippen molar-refractivity contribution in [2.75, 3.05) is 26.8 Å². The summed E-state index contributed by atoms with van der Waals surface area (Å²) in [6.45, 7) is 1.62. The monoisotopic (exact) mass is 229 g/mol. The third-order valence-electron chi connectivity index (χ3n) is 2.86. The third-order valence-corrected chi connectivity index (χ3v) is 2.86. The van der Waals surface area contributed by atoms with Gasteiger partial charge in [0.2, 0.25) is 5.91 Å². The number of aliphatic carboxylic acids is 1. The zero-order chi connectivity index (χ0) is 12.0. The first-order valence-electron chi connectivity index (χ1n) is 5.64. The maximum absolute atomic E-state index is 11.7. The molecule has 1 N–H and O–H groups in total. The number of carboxylic acids is 1. The van der Waals surface area contributed by atoms with Crippen molar-refractivity contribution in [3.8, 4) is 0 Å². The summed E-state index contributed by atoms with van der Waals surface area (Å²) in [5.74, 6) is -1.14. The second-order valence-electron chi connectivity index (χ2n) is 4.11. The summed E-state index contributed by atoms with van der Waals surface area (Å²) in [5, 5.41) is 8.89. The van der Waals surface area contributed by atoms with Crippen LogP contribution in [0, 0.1) is 5.92 Å². The first-order chi connectivity index (χ1) is 7.65. The van der Waals surface area contributed by atoms with Crippen LogP contribution in [0.3, 0.4) is 0 Å². The van der Waals surface area contributed by atoms with E-state index in [1.807, 2.05) is 0 Å². The van der Waals surface area contributed by atoms with Gasteiger partial charge in [0.05, 0.1) is 5.92 Å². The van der Waals surface area contributed by atoms with Crippen LogP contribution in [0.1, 0.15) is 25.7 Å². The molecule has 0 saturated carbocycles. The molecule has 1 saturated heterocycles. The number of ether oxygens (including phenoxy) is 1. The highest BCUT2D eigenvalue weighted by atomic mass is 16.5. The summed E-state index contributed by atoms with van der Waals surface area (Å²) >= 11 is 0. The van der Waals surface area contributed by atoms with E-state index in [0.717, 1.165) is 6.42 Å². The van der Waals surface area contributed by atoms with Gasteiger partial charge in [0.15, 0.2) is 0 Å². The van der Waals surface area contributed by atoms with E-state index in [1.165, 1.54) is 0 Å². The second-order valence-corrected chi connectivity index (χ2v) is 4.11. The van der Waals surface area contributed by atoms with Gasteiger partial charge in [0.25, 0.3) is 0 Å². The van der Waals surface area contributed by atoms with Crippen LogP contribution in [0.2, 0.25) is 0 Å². The first-order valence-corrected chi connectivity index (χ1v) is 5.64. The van der Waals surface area contributed by atoms with Crippen molar-refractivity contribution < 1.29 is 19.4 Å². The minimum absolute atomic E-state index is 0.0444. The second kappa shape index (κ2) is 6.48. The first kappa shape index (κ1) is 13.0. The zero-order valence-corrected chi connectivity index (χ0v) is 9.65. The summed E-state index contributed by atoms with van der Waals surface area (Å²) in [4.78, 5) is 24.2. The van der Waals surface area contributed by atoms with E-state index in [2.05, 4.69) is 0 Å². The molecular formula is C11H19NO4.